The van der Waals surface area contributed by atoms with Gasteiger partial charge in [-0.05, 0) is 64.3 Å². The maximum atomic E-state index is 12.2. The van der Waals surface area contributed by atoms with Gasteiger partial charge in [0, 0.05) is 5.54 Å². The first-order valence-electron chi connectivity index (χ1n) is 5.65. The van der Waals surface area contributed by atoms with Gasteiger partial charge < -0.3 is 0 Å². The number of aryl methyl sites for hydroxylation is 1. The Labute approximate surface area is 104 Å². The molecule has 0 atom stereocenters. The van der Waals surface area contributed by atoms with E-state index in [0.717, 1.165) is 16.7 Å². The minimum absolute atomic E-state index is 0.371. The van der Waals surface area contributed by atoms with Gasteiger partial charge in [0.25, 0.3) is 0 Å². The van der Waals surface area contributed by atoms with Crippen LogP contribution in [0.15, 0.2) is 17.0 Å². The first kappa shape index (κ1) is 14.2. The lowest BCUT2D eigenvalue weighted by Crippen LogP contribution is -2.40. The predicted molar refractivity (Wildman–Crippen MR) is 70.7 cm³/mol. The van der Waals surface area contributed by atoms with E-state index in [4.69, 9.17) is 0 Å². The lowest BCUT2D eigenvalue weighted by atomic mass is 10.1. The van der Waals surface area contributed by atoms with Crippen LogP contribution in [0.4, 0.5) is 0 Å². The fourth-order valence-corrected chi connectivity index (χ4v) is 3.40. The summed E-state index contributed by atoms with van der Waals surface area (Å²) < 4.78 is 27.1. The van der Waals surface area contributed by atoms with E-state index in [1.54, 1.807) is 6.07 Å². The molecule has 0 heterocycles. The third-order valence-corrected chi connectivity index (χ3v) is 4.64. The Kier molecular flexibility index (Phi) is 3.69. The van der Waals surface area contributed by atoms with Gasteiger partial charge in [-0.1, -0.05) is 6.07 Å². The molecule has 96 valence electrons. The number of hydrogen-bond donors (Lipinski definition) is 1. The Morgan fingerprint density at radius 2 is 1.53 bits per heavy atom. The monoisotopic (exact) mass is 255 g/mol. The highest BCUT2D eigenvalue weighted by atomic mass is 32.2. The number of hydrogen-bond acceptors (Lipinski definition) is 2. The van der Waals surface area contributed by atoms with Crippen molar-refractivity contribution in [2.24, 2.45) is 0 Å². The molecule has 4 heteroatoms. The molecule has 0 bridgehead atoms. The molecule has 0 aliphatic carbocycles. The SMILES string of the molecule is Cc1ccc(S(=O)(=O)NC(C)(C)C)c(C)c1C. The summed E-state index contributed by atoms with van der Waals surface area (Å²) in [5.74, 6) is 0. The van der Waals surface area contributed by atoms with E-state index in [1.165, 1.54) is 0 Å². The quantitative estimate of drug-likeness (QED) is 0.883. The third-order valence-electron chi connectivity index (χ3n) is 2.74. The normalized spacial score (nSPS) is 12.8. The Balaban J connectivity index is 3.31. The van der Waals surface area contributed by atoms with Crippen LogP contribution in [0.5, 0.6) is 0 Å². The highest BCUT2D eigenvalue weighted by molar-refractivity contribution is 7.89. The molecule has 0 radical (unpaired) electrons. The van der Waals surface area contributed by atoms with E-state index in [2.05, 4.69) is 4.72 Å². The van der Waals surface area contributed by atoms with Crippen molar-refractivity contribution < 1.29 is 8.42 Å². The number of benzene rings is 1. The number of rotatable bonds is 2. The predicted octanol–water partition coefficient (Wildman–Crippen LogP) is 2.69. The van der Waals surface area contributed by atoms with E-state index in [1.807, 2.05) is 47.6 Å². The van der Waals surface area contributed by atoms with Crippen LogP contribution < -0.4 is 4.72 Å². The van der Waals surface area contributed by atoms with Crippen LogP contribution in [0.2, 0.25) is 0 Å². The van der Waals surface area contributed by atoms with Gasteiger partial charge in [0.15, 0.2) is 0 Å². The zero-order chi connectivity index (χ0) is 13.4. The van der Waals surface area contributed by atoms with Crippen LogP contribution in [-0.4, -0.2) is 14.0 Å². The average Bonchev–Trinajstić information content (AvgIpc) is 2.09. The summed E-state index contributed by atoms with van der Waals surface area (Å²) in [6.07, 6.45) is 0. The van der Waals surface area contributed by atoms with Gasteiger partial charge in [-0.25, -0.2) is 13.1 Å². The second kappa shape index (κ2) is 4.42. The summed E-state index contributed by atoms with van der Waals surface area (Å²) in [7, 11) is -3.44. The molecule has 0 saturated carbocycles. The second-order valence-electron chi connectivity index (χ2n) is 5.49. The minimum atomic E-state index is -3.44. The van der Waals surface area contributed by atoms with Crippen molar-refractivity contribution in [1.29, 1.82) is 0 Å². The van der Waals surface area contributed by atoms with Gasteiger partial charge in [-0.15, -0.1) is 0 Å². The van der Waals surface area contributed by atoms with Crippen molar-refractivity contribution in [2.75, 3.05) is 0 Å². The van der Waals surface area contributed by atoms with Gasteiger partial charge in [0.2, 0.25) is 10.0 Å². The summed E-state index contributed by atoms with van der Waals surface area (Å²) in [4.78, 5) is 0.371. The van der Waals surface area contributed by atoms with E-state index in [-0.39, 0.29) is 0 Å². The van der Waals surface area contributed by atoms with Crippen LogP contribution in [0.3, 0.4) is 0 Å². The van der Waals surface area contributed by atoms with Crippen molar-refractivity contribution in [3.05, 3.63) is 28.8 Å². The molecular weight excluding hydrogens is 234 g/mol. The fraction of sp³-hybridized carbons (Fsp3) is 0.538. The van der Waals surface area contributed by atoms with Gasteiger partial charge in [-0.3, -0.25) is 0 Å². The van der Waals surface area contributed by atoms with Crippen molar-refractivity contribution in [1.82, 2.24) is 4.72 Å². The summed E-state index contributed by atoms with van der Waals surface area (Å²) in [5.41, 5.74) is 2.49. The van der Waals surface area contributed by atoms with E-state index >= 15 is 0 Å². The molecule has 0 spiro atoms. The maximum Gasteiger partial charge on any atom is 0.241 e. The highest BCUT2D eigenvalue weighted by Gasteiger charge is 2.24. The third kappa shape index (κ3) is 3.30. The van der Waals surface area contributed by atoms with E-state index in [0.29, 0.717) is 4.90 Å². The zero-order valence-electron chi connectivity index (χ0n) is 11.4. The molecular formula is C13H21NO2S. The van der Waals surface area contributed by atoms with Crippen LogP contribution in [-0.2, 0) is 10.0 Å². The summed E-state index contributed by atoms with van der Waals surface area (Å²) in [6, 6.07) is 3.52. The molecule has 0 aromatic heterocycles. The van der Waals surface area contributed by atoms with Gasteiger partial charge in [0.1, 0.15) is 0 Å². The maximum absolute atomic E-state index is 12.2. The lowest BCUT2D eigenvalue weighted by molar-refractivity contribution is 0.491. The molecule has 0 amide bonds. The van der Waals surface area contributed by atoms with Crippen LogP contribution >= 0.6 is 0 Å². The molecule has 0 aliphatic heterocycles. The highest BCUT2D eigenvalue weighted by Crippen LogP contribution is 2.22. The first-order valence-corrected chi connectivity index (χ1v) is 7.14. The van der Waals surface area contributed by atoms with Crippen LogP contribution in [0.25, 0.3) is 0 Å². The molecule has 1 N–H and O–H groups in total. The number of nitrogens with one attached hydrogen (secondary N) is 1. The molecule has 1 aromatic rings. The molecule has 3 nitrogen and oxygen atoms in total. The average molecular weight is 255 g/mol. The first-order chi connectivity index (χ1) is 7.54. The zero-order valence-corrected chi connectivity index (χ0v) is 12.2. The molecule has 17 heavy (non-hydrogen) atoms. The number of sulfonamides is 1. The second-order valence-corrected chi connectivity index (χ2v) is 7.14. The van der Waals surface area contributed by atoms with Crippen molar-refractivity contribution in [3.63, 3.8) is 0 Å². The Morgan fingerprint density at radius 3 is 2.00 bits per heavy atom. The molecule has 0 saturated heterocycles. The van der Waals surface area contributed by atoms with Crippen LogP contribution in [0.1, 0.15) is 37.5 Å². The Morgan fingerprint density at radius 1 is 1.00 bits per heavy atom. The van der Waals surface area contributed by atoms with Crippen LogP contribution in [0, 0.1) is 20.8 Å². The molecule has 1 rings (SSSR count). The largest absolute Gasteiger partial charge is 0.241 e. The van der Waals surface area contributed by atoms with Crippen molar-refractivity contribution in [3.8, 4) is 0 Å². The molecule has 1 aromatic carbocycles. The van der Waals surface area contributed by atoms with Gasteiger partial charge in [-0.2, -0.15) is 0 Å². The standard InChI is InChI=1S/C13H21NO2S/c1-9-7-8-12(11(3)10(9)2)17(15,16)14-13(4,5)6/h7-8,14H,1-6H3. The topological polar surface area (TPSA) is 46.2 Å². The summed E-state index contributed by atoms with van der Waals surface area (Å²) >= 11 is 0. The lowest BCUT2D eigenvalue weighted by Gasteiger charge is -2.21. The molecule has 0 aliphatic rings. The molecule has 0 unspecified atom stereocenters. The van der Waals surface area contributed by atoms with Gasteiger partial charge >= 0.3 is 0 Å². The summed E-state index contributed by atoms with van der Waals surface area (Å²) in [6.45, 7) is 11.3. The summed E-state index contributed by atoms with van der Waals surface area (Å²) in [5, 5.41) is 0. The smallest absolute Gasteiger partial charge is 0.207 e. The van der Waals surface area contributed by atoms with Gasteiger partial charge in [0.05, 0.1) is 4.90 Å². The van der Waals surface area contributed by atoms with E-state index in [9.17, 15) is 8.42 Å². The minimum Gasteiger partial charge on any atom is -0.207 e. The van der Waals surface area contributed by atoms with Crippen molar-refractivity contribution in [2.45, 2.75) is 52.0 Å². The van der Waals surface area contributed by atoms with E-state index < -0.39 is 15.6 Å². The fourth-order valence-electron chi connectivity index (χ4n) is 1.68. The Hall–Kier alpha value is -0.870. The van der Waals surface area contributed by atoms with Crippen molar-refractivity contribution >= 4 is 10.0 Å². The Bertz CT molecular complexity index is 525. The molecule has 0 fully saturated rings.